The Morgan fingerprint density at radius 2 is 2.00 bits per heavy atom. The van der Waals surface area contributed by atoms with Crippen molar-refractivity contribution < 1.29 is 18.7 Å². The molecule has 0 amide bonds. The Hall–Kier alpha value is -2.64. The van der Waals surface area contributed by atoms with Crippen molar-refractivity contribution in [3.63, 3.8) is 0 Å². The lowest BCUT2D eigenvalue weighted by molar-refractivity contribution is 0.0689. The van der Waals surface area contributed by atoms with Crippen LogP contribution in [0.1, 0.15) is 10.5 Å². The highest BCUT2D eigenvalue weighted by molar-refractivity contribution is 5.91. The average Bonchev–Trinajstić information content (AvgIpc) is 2.57. The number of hydrogen-bond acceptors (Lipinski definition) is 3. The summed E-state index contributed by atoms with van der Waals surface area (Å²) in [5.74, 6) is -4.13. The molecule has 0 unspecified atom stereocenters. The van der Waals surface area contributed by atoms with Crippen molar-refractivity contribution in [1.82, 2.24) is 9.55 Å². The van der Waals surface area contributed by atoms with Gasteiger partial charge in [0.25, 0.3) is 0 Å². The number of imidazole rings is 1. The third kappa shape index (κ3) is 1.73. The molecule has 6 nitrogen and oxygen atoms in total. The van der Waals surface area contributed by atoms with Crippen molar-refractivity contribution in [1.29, 1.82) is 0 Å². The van der Waals surface area contributed by atoms with E-state index in [0.717, 1.165) is 12.1 Å². The molecule has 0 radical (unpaired) electrons. The largest absolute Gasteiger partial charge is 0.476 e. The molecule has 0 spiro atoms. The molecule has 0 atom stereocenters. The number of hydrogen-bond donors (Lipinski definition) is 3. The van der Waals surface area contributed by atoms with Gasteiger partial charge in [0.05, 0.1) is 5.69 Å². The van der Waals surface area contributed by atoms with Gasteiger partial charge in [-0.25, -0.2) is 18.4 Å². The van der Waals surface area contributed by atoms with Gasteiger partial charge in [0.1, 0.15) is 5.82 Å². The number of aromatic amines is 1. The van der Waals surface area contributed by atoms with E-state index in [-0.39, 0.29) is 11.5 Å². The Morgan fingerprint density at radius 1 is 1.33 bits per heavy atom. The number of halogens is 2. The predicted molar refractivity (Wildman–Crippen MR) is 57.7 cm³/mol. The number of anilines is 1. The first-order valence-corrected chi connectivity index (χ1v) is 4.71. The minimum Gasteiger partial charge on any atom is -0.476 e. The highest BCUT2D eigenvalue weighted by atomic mass is 19.2. The van der Waals surface area contributed by atoms with E-state index in [2.05, 4.69) is 4.98 Å². The van der Waals surface area contributed by atoms with Crippen LogP contribution in [0.2, 0.25) is 0 Å². The van der Waals surface area contributed by atoms with Crippen LogP contribution in [-0.4, -0.2) is 20.6 Å². The van der Waals surface area contributed by atoms with Crippen LogP contribution in [0.4, 0.5) is 14.6 Å². The molecule has 18 heavy (non-hydrogen) atoms. The van der Waals surface area contributed by atoms with Crippen LogP contribution >= 0.6 is 0 Å². The Bertz CT molecular complexity index is 690. The minimum absolute atomic E-state index is 0.135. The third-order valence-corrected chi connectivity index (χ3v) is 2.29. The summed E-state index contributed by atoms with van der Waals surface area (Å²) in [6.45, 7) is 0. The Balaban J connectivity index is 2.74. The summed E-state index contributed by atoms with van der Waals surface area (Å²) in [6.07, 6.45) is 0. The van der Waals surface area contributed by atoms with Gasteiger partial charge in [-0.3, -0.25) is 9.55 Å². The maximum Gasteiger partial charge on any atom is 0.356 e. The minimum atomic E-state index is -1.46. The molecule has 0 fully saturated rings. The smallest absolute Gasteiger partial charge is 0.356 e. The van der Waals surface area contributed by atoms with Gasteiger partial charge in [0.15, 0.2) is 17.3 Å². The number of nitrogens with zero attached hydrogens (tertiary/aromatic N) is 1. The molecular weight excluding hydrogens is 248 g/mol. The predicted octanol–water partition coefficient (Wildman–Crippen LogP) is 0.724. The van der Waals surface area contributed by atoms with Gasteiger partial charge in [-0.05, 0) is 12.1 Å². The van der Waals surface area contributed by atoms with Crippen LogP contribution in [0.25, 0.3) is 5.69 Å². The van der Waals surface area contributed by atoms with Crippen molar-refractivity contribution in [2.45, 2.75) is 0 Å². The number of H-pyrrole nitrogens is 1. The van der Waals surface area contributed by atoms with E-state index in [4.69, 9.17) is 10.8 Å². The van der Waals surface area contributed by atoms with Gasteiger partial charge < -0.3 is 10.8 Å². The zero-order valence-electron chi connectivity index (χ0n) is 8.78. The van der Waals surface area contributed by atoms with Crippen molar-refractivity contribution in [2.24, 2.45) is 0 Å². The van der Waals surface area contributed by atoms with E-state index < -0.39 is 29.0 Å². The fourth-order valence-corrected chi connectivity index (χ4v) is 1.53. The second kappa shape index (κ2) is 3.99. The van der Waals surface area contributed by atoms with E-state index in [0.29, 0.717) is 10.6 Å². The molecule has 1 heterocycles. The molecule has 94 valence electrons. The molecular formula is C10H7F2N3O3. The number of rotatable bonds is 2. The number of aromatic carboxylic acids is 1. The Labute approximate surface area is 98.3 Å². The molecule has 0 bridgehead atoms. The highest BCUT2D eigenvalue weighted by Gasteiger charge is 2.20. The summed E-state index contributed by atoms with van der Waals surface area (Å²) >= 11 is 0. The van der Waals surface area contributed by atoms with E-state index in [1.807, 2.05) is 0 Å². The summed E-state index contributed by atoms with van der Waals surface area (Å²) in [7, 11) is 0. The summed E-state index contributed by atoms with van der Waals surface area (Å²) in [5, 5.41) is 8.92. The molecule has 0 aliphatic carbocycles. The normalized spacial score (nSPS) is 10.6. The fourth-order valence-electron chi connectivity index (χ4n) is 1.53. The summed E-state index contributed by atoms with van der Waals surface area (Å²) in [6, 6.07) is 2.56. The number of benzene rings is 1. The lowest BCUT2D eigenvalue weighted by Crippen LogP contribution is -2.19. The molecule has 0 saturated heterocycles. The maximum atomic E-state index is 13.1. The summed E-state index contributed by atoms with van der Waals surface area (Å²) in [4.78, 5) is 24.5. The highest BCUT2D eigenvalue weighted by Crippen LogP contribution is 2.16. The van der Waals surface area contributed by atoms with Crippen molar-refractivity contribution in [3.05, 3.63) is 46.0 Å². The van der Waals surface area contributed by atoms with Crippen LogP contribution in [0.3, 0.4) is 0 Å². The first-order valence-electron chi connectivity index (χ1n) is 4.71. The number of carboxylic acids is 1. The summed E-state index contributed by atoms with van der Waals surface area (Å²) in [5.41, 5.74) is 3.80. The second-order valence-corrected chi connectivity index (χ2v) is 3.43. The van der Waals surface area contributed by atoms with Crippen LogP contribution in [-0.2, 0) is 0 Å². The standard InChI is InChI=1S/C10H7F2N3O3/c11-5-2-1-4(3-6(5)12)15-7(9(16)17)8(13)14-10(15)18/h1-3H,13H2,(H,14,18)(H,16,17). The van der Waals surface area contributed by atoms with Crippen LogP contribution < -0.4 is 11.4 Å². The number of carbonyl (C=O) groups is 1. The molecule has 0 aliphatic heterocycles. The van der Waals surface area contributed by atoms with Crippen LogP contribution in [0, 0.1) is 11.6 Å². The van der Waals surface area contributed by atoms with Crippen molar-refractivity contribution >= 4 is 11.8 Å². The summed E-state index contributed by atoms with van der Waals surface area (Å²) < 4.78 is 26.5. The first-order chi connectivity index (χ1) is 8.41. The number of carboxylic acid groups (broad SMARTS) is 1. The lowest BCUT2D eigenvalue weighted by atomic mass is 10.3. The molecule has 2 rings (SSSR count). The molecule has 1 aromatic heterocycles. The molecule has 1 aromatic carbocycles. The maximum absolute atomic E-state index is 13.1. The van der Waals surface area contributed by atoms with Gasteiger partial charge in [-0.1, -0.05) is 0 Å². The van der Waals surface area contributed by atoms with E-state index in [9.17, 15) is 18.4 Å². The molecule has 8 heteroatoms. The Morgan fingerprint density at radius 3 is 2.56 bits per heavy atom. The van der Waals surface area contributed by atoms with E-state index in [1.54, 1.807) is 0 Å². The molecule has 0 aliphatic rings. The SMILES string of the molecule is Nc1[nH]c(=O)n(-c2ccc(F)c(F)c2)c1C(=O)O. The molecule has 0 saturated carbocycles. The first kappa shape index (κ1) is 11.8. The quantitative estimate of drug-likeness (QED) is 0.736. The van der Waals surface area contributed by atoms with Gasteiger partial charge in [0, 0.05) is 6.07 Å². The zero-order valence-corrected chi connectivity index (χ0v) is 8.78. The van der Waals surface area contributed by atoms with Crippen molar-refractivity contribution in [3.8, 4) is 5.69 Å². The third-order valence-electron chi connectivity index (χ3n) is 2.29. The van der Waals surface area contributed by atoms with Gasteiger partial charge in [0.2, 0.25) is 0 Å². The number of nitrogens with two attached hydrogens (primary N) is 1. The van der Waals surface area contributed by atoms with Crippen molar-refractivity contribution in [2.75, 3.05) is 5.73 Å². The fraction of sp³-hybridized carbons (Fsp3) is 0. The Kier molecular flexibility index (Phi) is 2.62. The number of nitrogens with one attached hydrogen (secondary N) is 1. The second-order valence-electron chi connectivity index (χ2n) is 3.43. The topological polar surface area (TPSA) is 101 Å². The van der Waals surface area contributed by atoms with Gasteiger partial charge >= 0.3 is 11.7 Å². The van der Waals surface area contributed by atoms with Gasteiger partial charge in [-0.2, -0.15) is 0 Å². The molecule has 4 N–H and O–H groups in total. The van der Waals surface area contributed by atoms with E-state index >= 15 is 0 Å². The van der Waals surface area contributed by atoms with Crippen LogP contribution in [0.15, 0.2) is 23.0 Å². The lowest BCUT2D eigenvalue weighted by Gasteiger charge is -2.04. The van der Waals surface area contributed by atoms with E-state index in [1.165, 1.54) is 0 Å². The van der Waals surface area contributed by atoms with Crippen LogP contribution in [0.5, 0.6) is 0 Å². The number of nitrogen functional groups attached to an aromatic ring is 1. The monoisotopic (exact) mass is 255 g/mol. The number of aromatic nitrogens is 2. The molecule has 2 aromatic rings. The zero-order chi connectivity index (χ0) is 13.4. The average molecular weight is 255 g/mol. The van der Waals surface area contributed by atoms with Gasteiger partial charge in [-0.15, -0.1) is 0 Å².